The number of benzene rings is 1. The van der Waals surface area contributed by atoms with Crippen molar-refractivity contribution in [2.45, 2.75) is 13.8 Å². The van der Waals surface area contributed by atoms with Gasteiger partial charge in [-0.3, -0.25) is 4.90 Å². The summed E-state index contributed by atoms with van der Waals surface area (Å²) in [6, 6.07) is 6.89. The van der Waals surface area contributed by atoms with Crippen LogP contribution in [0.25, 0.3) is 0 Å². The monoisotopic (exact) mass is 222 g/mol. The Morgan fingerprint density at radius 3 is 2.56 bits per heavy atom. The van der Waals surface area contributed by atoms with E-state index in [2.05, 4.69) is 0 Å². The number of hydrogen-bond acceptors (Lipinski definition) is 2. The fourth-order valence-corrected chi connectivity index (χ4v) is 1.52. The second-order valence-corrected chi connectivity index (χ2v) is 4.01. The molecule has 2 N–H and O–H groups in total. The fourth-order valence-electron chi connectivity index (χ4n) is 1.52. The highest BCUT2D eigenvalue weighted by Gasteiger charge is 2.17. The quantitative estimate of drug-likeness (QED) is 0.849. The maximum atomic E-state index is 11.4. The highest BCUT2D eigenvalue weighted by molar-refractivity contribution is 5.92. The van der Waals surface area contributed by atoms with Crippen molar-refractivity contribution in [1.82, 2.24) is 0 Å². The van der Waals surface area contributed by atoms with E-state index >= 15 is 0 Å². The fraction of sp³-hybridized carbons (Fsp3) is 0.417. The smallest absolute Gasteiger partial charge is 0.319 e. The van der Waals surface area contributed by atoms with Crippen LogP contribution in [0.1, 0.15) is 13.8 Å². The number of ether oxygens (including phenoxy) is 1. The van der Waals surface area contributed by atoms with Gasteiger partial charge in [0, 0.05) is 6.54 Å². The molecule has 4 heteroatoms. The Balaban J connectivity index is 3.05. The van der Waals surface area contributed by atoms with E-state index in [1.54, 1.807) is 7.11 Å². The summed E-state index contributed by atoms with van der Waals surface area (Å²) in [5, 5.41) is 0. The summed E-state index contributed by atoms with van der Waals surface area (Å²) in [7, 11) is 1.58. The van der Waals surface area contributed by atoms with Crippen LogP contribution in [-0.4, -0.2) is 19.7 Å². The van der Waals surface area contributed by atoms with E-state index < -0.39 is 6.03 Å². The van der Waals surface area contributed by atoms with Crippen molar-refractivity contribution in [3.8, 4) is 5.75 Å². The molecule has 0 aliphatic heterocycles. The van der Waals surface area contributed by atoms with Crippen LogP contribution >= 0.6 is 0 Å². The van der Waals surface area contributed by atoms with Crippen molar-refractivity contribution < 1.29 is 9.53 Å². The Morgan fingerprint density at radius 1 is 1.44 bits per heavy atom. The molecule has 88 valence electrons. The van der Waals surface area contributed by atoms with Crippen LogP contribution in [0.3, 0.4) is 0 Å². The molecule has 0 saturated heterocycles. The van der Waals surface area contributed by atoms with Gasteiger partial charge >= 0.3 is 6.03 Å². The van der Waals surface area contributed by atoms with Crippen molar-refractivity contribution in [2.24, 2.45) is 11.7 Å². The van der Waals surface area contributed by atoms with E-state index in [4.69, 9.17) is 10.5 Å². The van der Waals surface area contributed by atoms with Gasteiger partial charge in [-0.05, 0) is 18.1 Å². The van der Waals surface area contributed by atoms with Gasteiger partial charge in [0.1, 0.15) is 5.75 Å². The third-order valence-corrected chi connectivity index (χ3v) is 2.19. The van der Waals surface area contributed by atoms with E-state index in [1.165, 1.54) is 4.90 Å². The average Bonchev–Trinajstić information content (AvgIpc) is 2.25. The van der Waals surface area contributed by atoms with E-state index in [0.29, 0.717) is 23.9 Å². The molecular formula is C12H18N2O2. The molecule has 2 amide bonds. The first kappa shape index (κ1) is 12.4. The zero-order valence-electron chi connectivity index (χ0n) is 9.93. The van der Waals surface area contributed by atoms with Gasteiger partial charge in [-0.2, -0.15) is 0 Å². The largest absolute Gasteiger partial charge is 0.495 e. The van der Waals surface area contributed by atoms with Crippen molar-refractivity contribution >= 4 is 11.7 Å². The van der Waals surface area contributed by atoms with Crippen LogP contribution in [-0.2, 0) is 0 Å². The number of para-hydroxylation sites is 2. The van der Waals surface area contributed by atoms with Crippen LogP contribution < -0.4 is 15.4 Å². The molecule has 0 saturated carbocycles. The minimum atomic E-state index is -0.460. The van der Waals surface area contributed by atoms with E-state index in [0.717, 1.165) is 0 Å². The normalized spacial score (nSPS) is 10.2. The van der Waals surface area contributed by atoms with E-state index in [1.807, 2.05) is 38.1 Å². The van der Waals surface area contributed by atoms with Gasteiger partial charge in [0.05, 0.1) is 12.8 Å². The van der Waals surface area contributed by atoms with Crippen molar-refractivity contribution in [3.63, 3.8) is 0 Å². The molecule has 0 spiro atoms. The summed E-state index contributed by atoms with van der Waals surface area (Å²) < 4.78 is 5.21. The standard InChI is InChI=1S/C12H18N2O2/c1-9(2)8-14(12(13)15)10-6-4-5-7-11(10)16-3/h4-7,9H,8H2,1-3H3,(H2,13,15). The first-order chi connectivity index (χ1) is 7.56. The van der Waals surface area contributed by atoms with E-state index in [9.17, 15) is 4.79 Å². The lowest BCUT2D eigenvalue weighted by molar-refractivity contribution is 0.253. The molecule has 0 unspecified atom stereocenters. The second-order valence-electron chi connectivity index (χ2n) is 4.01. The Kier molecular flexibility index (Phi) is 4.17. The lowest BCUT2D eigenvalue weighted by Crippen LogP contribution is -2.38. The van der Waals surface area contributed by atoms with E-state index in [-0.39, 0.29) is 0 Å². The summed E-state index contributed by atoms with van der Waals surface area (Å²) >= 11 is 0. The van der Waals surface area contributed by atoms with Crippen molar-refractivity contribution in [2.75, 3.05) is 18.6 Å². The number of nitrogens with zero attached hydrogens (tertiary/aromatic N) is 1. The summed E-state index contributed by atoms with van der Waals surface area (Å²) in [6.45, 7) is 4.65. The predicted molar refractivity (Wildman–Crippen MR) is 64.8 cm³/mol. The number of carbonyl (C=O) groups excluding carboxylic acids is 1. The van der Waals surface area contributed by atoms with Gasteiger partial charge in [-0.15, -0.1) is 0 Å². The summed E-state index contributed by atoms with van der Waals surface area (Å²) in [5.74, 6) is 0.999. The highest BCUT2D eigenvalue weighted by Crippen LogP contribution is 2.27. The SMILES string of the molecule is COc1ccccc1N(CC(C)C)C(N)=O. The lowest BCUT2D eigenvalue weighted by Gasteiger charge is -2.24. The van der Waals surface area contributed by atoms with Gasteiger partial charge in [0.15, 0.2) is 0 Å². The Bertz CT molecular complexity index is 364. The molecule has 1 aromatic carbocycles. The number of hydrogen-bond donors (Lipinski definition) is 1. The van der Waals surface area contributed by atoms with Gasteiger partial charge in [0.2, 0.25) is 0 Å². The molecule has 1 aromatic rings. The highest BCUT2D eigenvalue weighted by atomic mass is 16.5. The van der Waals surface area contributed by atoms with Crippen LogP contribution in [0.5, 0.6) is 5.75 Å². The minimum Gasteiger partial charge on any atom is -0.495 e. The van der Waals surface area contributed by atoms with Crippen LogP contribution in [0.15, 0.2) is 24.3 Å². The number of amides is 2. The number of primary amides is 1. The summed E-state index contributed by atoms with van der Waals surface area (Å²) in [6.07, 6.45) is 0. The van der Waals surface area contributed by atoms with Crippen molar-refractivity contribution in [1.29, 1.82) is 0 Å². The summed E-state index contributed by atoms with van der Waals surface area (Å²) in [4.78, 5) is 12.9. The topological polar surface area (TPSA) is 55.6 Å². The second kappa shape index (κ2) is 5.39. The number of carbonyl (C=O) groups is 1. The molecular weight excluding hydrogens is 204 g/mol. The third kappa shape index (κ3) is 2.89. The lowest BCUT2D eigenvalue weighted by atomic mass is 10.2. The maximum Gasteiger partial charge on any atom is 0.319 e. The number of rotatable bonds is 4. The molecule has 1 rings (SSSR count). The Hall–Kier alpha value is -1.71. The minimum absolute atomic E-state index is 0.345. The molecule has 0 atom stereocenters. The average molecular weight is 222 g/mol. The molecule has 16 heavy (non-hydrogen) atoms. The Morgan fingerprint density at radius 2 is 2.06 bits per heavy atom. The van der Waals surface area contributed by atoms with Gasteiger partial charge in [0.25, 0.3) is 0 Å². The molecule has 0 fully saturated rings. The van der Waals surface area contributed by atoms with Gasteiger partial charge in [-0.1, -0.05) is 26.0 Å². The zero-order chi connectivity index (χ0) is 12.1. The molecule has 0 radical (unpaired) electrons. The first-order valence-electron chi connectivity index (χ1n) is 5.26. The van der Waals surface area contributed by atoms with Crippen molar-refractivity contribution in [3.05, 3.63) is 24.3 Å². The molecule has 0 bridgehead atoms. The van der Waals surface area contributed by atoms with Crippen LogP contribution in [0, 0.1) is 5.92 Å². The Labute approximate surface area is 96.0 Å². The number of urea groups is 1. The number of anilines is 1. The number of nitrogens with two attached hydrogens (primary N) is 1. The number of methoxy groups -OCH3 is 1. The molecule has 0 aliphatic rings. The van der Waals surface area contributed by atoms with Crippen LogP contribution in [0.2, 0.25) is 0 Å². The molecule has 0 heterocycles. The first-order valence-corrected chi connectivity index (χ1v) is 5.26. The zero-order valence-corrected chi connectivity index (χ0v) is 9.93. The maximum absolute atomic E-state index is 11.4. The molecule has 0 aromatic heterocycles. The van der Waals surface area contributed by atoms with Gasteiger partial charge in [-0.25, -0.2) is 4.79 Å². The molecule has 4 nitrogen and oxygen atoms in total. The van der Waals surface area contributed by atoms with Crippen LogP contribution in [0.4, 0.5) is 10.5 Å². The summed E-state index contributed by atoms with van der Waals surface area (Å²) in [5.41, 5.74) is 6.09. The predicted octanol–water partition coefficient (Wildman–Crippen LogP) is 2.24. The van der Waals surface area contributed by atoms with Gasteiger partial charge < -0.3 is 10.5 Å². The third-order valence-electron chi connectivity index (χ3n) is 2.19. The molecule has 0 aliphatic carbocycles.